The van der Waals surface area contributed by atoms with Crippen LogP contribution in [0.15, 0.2) is 47.1 Å². The molecule has 3 rings (SSSR count). The average molecular weight is 368 g/mol. The number of methoxy groups -OCH3 is 2. The number of nitrogens with zero attached hydrogens (tertiary/aromatic N) is 2. The Balaban J connectivity index is 1.99. The Kier molecular flexibility index (Phi) is 4.89. The molecule has 0 fully saturated rings. The monoisotopic (exact) mass is 368 g/mol. The molecule has 27 heavy (non-hydrogen) atoms. The lowest BCUT2D eigenvalue weighted by atomic mass is 10.1. The third-order valence-corrected chi connectivity index (χ3v) is 3.99. The molecule has 0 bridgehead atoms. The van der Waals surface area contributed by atoms with Crippen LogP contribution in [0.5, 0.6) is 11.5 Å². The number of cyclic esters (lactones) is 1. The molecule has 1 heterocycles. The Morgan fingerprint density at radius 1 is 1.19 bits per heavy atom. The van der Waals surface area contributed by atoms with Gasteiger partial charge in [0.2, 0.25) is 5.90 Å². The van der Waals surface area contributed by atoms with Crippen LogP contribution in [0.4, 0.5) is 5.69 Å². The molecule has 2 aromatic rings. The minimum absolute atomic E-state index is 0.0134. The van der Waals surface area contributed by atoms with Crippen molar-refractivity contribution in [2.75, 3.05) is 14.2 Å². The molecule has 0 saturated heterocycles. The molecule has 0 aliphatic carbocycles. The first-order valence-electron chi connectivity index (χ1n) is 7.93. The van der Waals surface area contributed by atoms with Crippen molar-refractivity contribution in [3.63, 3.8) is 0 Å². The van der Waals surface area contributed by atoms with E-state index < -0.39 is 10.9 Å². The number of ether oxygens (including phenoxy) is 3. The zero-order valence-electron chi connectivity index (χ0n) is 14.9. The van der Waals surface area contributed by atoms with Gasteiger partial charge >= 0.3 is 5.97 Å². The van der Waals surface area contributed by atoms with Crippen LogP contribution >= 0.6 is 0 Å². The molecule has 0 radical (unpaired) electrons. The van der Waals surface area contributed by atoms with Crippen LogP contribution in [0.3, 0.4) is 0 Å². The molecule has 0 saturated carbocycles. The Bertz CT molecular complexity index is 994. The summed E-state index contributed by atoms with van der Waals surface area (Å²) >= 11 is 0. The fourth-order valence-electron chi connectivity index (χ4n) is 2.70. The highest BCUT2D eigenvalue weighted by atomic mass is 16.6. The molecule has 1 aliphatic rings. The number of aliphatic imine (C=N–C) groups is 1. The van der Waals surface area contributed by atoms with Gasteiger partial charge < -0.3 is 14.2 Å². The van der Waals surface area contributed by atoms with Gasteiger partial charge in [-0.05, 0) is 31.2 Å². The Hall–Kier alpha value is -3.68. The topological polar surface area (TPSA) is 100 Å². The number of benzene rings is 2. The summed E-state index contributed by atoms with van der Waals surface area (Å²) in [4.78, 5) is 26.9. The first-order chi connectivity index (χ1) is 12.9. The second-order valence-electron chi connectivity index (χ2n) is 5.68. The Morgan fingerprint density at radius 2 is 1.96 bits per heavy atom. The van der Waals surface area contributed by atoms with Crippen molar-refractivity contribution in [1.82, 2.24) is 0 Å². The van der Waals surface area contributed by atoms with E-state index in [0.717, 1.165) is 0 Å². The first-order valence-corrected chi connectivity index (χ1v) is 7.93. The molecular formula is C19H16N2O6. The SMILES string of the molecule is COc1cccc(/C=C2\N=C(c3ccc([N+](=O)[O-])c(C)c3)OC2=O)c1OC. The maximum absolute atomic E-state index is 12.2. The summed E-state index contributed by atoms with van der Waals surface area (Å²) in [5.41, 5.74) is 1.61. The number of nitro benzene ring substituents is 1. The summed E-state index contributed by atoms with van der Waals surface area (Å²) in [5, 5.41) is 10.9. The minimum atomic E-state index is -0.620. The van der Waals surface area contributed by atoms with E-state index in [4.69, 9.17) is 14.2 Å². The van der Waals surface area contributed by atoms with Gasteiger partial charge in [-0.2, -0.15) is 0 Å². The van der Waals surface area contributed by atoms with Crippen molar-refractivity contribution >= 4 is 23.6 Å². The molecule has 138 valence electrons. The Morgan fingerprint density at radius 3 is 2.59 bits per heavy atom. The number of carbonyl (C=O) groups is 1. The summed E-state index contributed by atoms with van der Waals surface area (Å²) in [5.74, 6) is 0.459. The van der Waals surface area contributed by atoms with Crippen LogP contribution in [-0.2, 0) is 9.53 Å². The minimum Gasteiger partial charge on any atom is -0.493 e. The van der Waals surface area contributed by atoms with Crippen molar-refractivity contribution in [2.24, 2.45) is 4.99 Å². The predicted molar refractivity (Wildman–Crippen MR) is 98.0 cm³/mol. The van der Waals surface area contributed by atoms with E-state index >= 15 is 0 Å². The number of hydrogen-bond donors (Lipinski definition) is 0. The van der Waals surface area contributed by atoms with E-state index in [2.05, 4.69) is 4.99 Å². The highest BCUT2D eigenvalue weighted by molar-refractivity contribution is 6.13. The summed E-state index contributed by atoms with van der Waals surface area (Å²) < 4.78 is 15.8. The van der Waals surface area contributed by atoms with Crippen LogP contribution < -0.4 is 9.47 Å². The van der Waals surface area contributed by atoms with E-state index in [1.807, 2.05) is 0 Å². The smallest absolute Gasteiger partial charge is 0.363 e. The summed E-state index contributed by atoms with van der Waals surface area (Å²) in [6.45, 7) is 1.61. The van der Waals surface area contributed by atoms with Crippen LogP contribution in [0.2, 0.25) is 0 Å². The van der Waals surface area contributed by atoms with Crippen molar-refractivity contribution in [3.8, 4) is 11.5 Å². The number of carbonyl (C=O) groups excluding carboxylic acids is 1. The van der Waals surface area contributed by atoms with E-state index in [9.17, 15) is 14.9 Å². The number of aryl methyl sites for hydroxylation is 1. The number of esters is 1. The third kappa shape index (κ3) is 3.50. The van der Waals surface area contributed by atoms with Crippen molar-refractivity contribution in [1.29, 1.82) is 0 Å². The van der Waals surface area contributed by atoms with E-state index in [-0.39, 0.29) is 17.3 Å². The average Bonchev–Trinajstić information content (AvgIpc) is 3.01. The first kappa shape index (κ1) is 18.1. The van der Waals surface area contributed by atoms with Gasteiger partial charge in [-0.3, -0.25) is 10.1 Å². The summed E-state index contributed by atoms with van der Waals surface area (Å²) in [6, 6.07) is 9.66. The molecule has 0 N–H and O–H groups in total. The van der Waals surface area contributed by atoms with Crippen LogP contribution in [0.1, 0.15) is 16.7 Å². The van der Waals surface area contributed by atoms with Gasteiger partial charge in [0.05, 0.1) is 19.1 Å². The van der Waals surface area contributed by atoms with Gasteiger partial charge in [-0.25, -0.2) is 9.79 Å². The lowest BCUT2D eigenvalue weighted by Crippen LogP contribution is -2.06. The van der Waals surface area contributed by atoms with Crippen molar-refractivity contribution < 1.29 is 23.9 Å². The largest absolute Gasteiger partial charge is 0.493 e. The van der Waals surface area contributed by atoms with Gasteiger partial charge in [0.15, 0.2) is 17.2 Å². The molecule has 1 aliphatic heterocycles. The zero-order chi connectivity index (χ0) is 19.6. The summed E-state index contributed by atoms with van der Waals surface area (Å²) in [6.07, 6.45) is 1.54. The lowest BCUT2D eigenvalue weighted by molar-refractivity contribution is -0.385. The number of para-hydroxylation sites is 1. The molecule has 0 spiro atoms. The second-order valence-corrected chi connectivity index (χ2v) is 5.68. The highest BCUT2D eigenvalue weighted by Crippen LogP contribution is 2.33. The number of nitro groups is 1. The molecule has 2 aromatic carbocycles. The van der Waals surface area contributed by atoms with E-state index in [0.29, 0.717) is 28.2 Å². The van der Waals surface area contributed by atoms with Crippen LogP contribution in [0, 0.1) is 17.0 Å². The lowest BCUT2D eigenvalue weighted by Gasteiger charge is -2.09. The van der Waals surface area contributed by atoms with E-state index in [1.54, 1.807) is 31.2 Å². The van der Waals surface area contributed by atoms with Crippen LogP contribution in [-0.4, -0.2) is 31.0 Å². The maximum atomic E-state index is 12.2. The molecule has 0 aromatic heterocycles. The summed E-state index contributed by atoms with van der Waals surface area (Å²) in [7, 11) is 3.02. The molecular weight excluding hydrogens is 352 g/mol. The predicted octanol–water partition coefficient (Wildman–Crippen LogP) is 3.26. The van der Waals surface area contributed by atoms with Gasteiger partial charge in [-0.15, -0.1) is 0 Å². The Labute approximate surface area is 154 Å². The van der Waals surface area contributed by atoms with Gasteiger partial charge in [0.1, 0.15) is 0 Å². The molecule has 0 atom stereocenters. The molecule has 0 amide bonds. The van der Waals surface area contributed by atoms with Gasteiger partial charge in [0.25, 0.3) is 5.69 Å². The molecule has 8 heteroatoms. The number of rotatable bonds is 5. The van der Waals surface area contributed by atoms with Gasteiger partial charge in [0, 0.05) is 22.8 Å². The van der Waals surface area contributed by atoms with Crippen LogP contribution in [0.25, 0.3) is 6.08 Å². The van der Waals surface area contributed by atoms with Crippen molar-refractivity contribution in [2.45, 2.75) is 6.92 Å². The normalized spacial score (nSPS) is 14.7. The third-order valence-electron chi connectivity index (χ3n) is 3.99. The quantitative estimate of drug-likeness (QED) is 0.347. The van der Waals surface area contributed by atoms with E-state index in [1.165, 1.54) is 32.4 Å². The van der Waals surface area contributed by atoms with Crippen molar-refractivity contribution in [3.05, 3.63) is 68.9 Å². The maximum Gasteiger partial charge on any atom is 0.363 e. The number of hydrogen-bond acceptors (Lipinski definition) is 7. The molecule has 8 nitrogen and oxygen atoms in total. The zero-order valence-corrected chi connectivity index (χ0v) is 14.9. The standard InChI is InChI=1S/C19H16N2O6/c1-11-9-13(7-8-15(11)21(23)24)18-20-14(19(22)27-18)10-12-5-4-6-16(25-2)17(12)26-3/h4-10H,1-3H3/b14-10-. The molecule has 0 unspecified atom stereocenters. The highest BCUT2D eigenvalue weighted by Gasteiger charge is 2.26. The fourth-order valence-corrected chi connectivity index (χ4v) is 2.70. The fraction of sp³-hybridized carbons (Fsp3) is 0.158. The second kappa shape index (κ2) is 7.28. The van der Waals surface area contributed by atoms with Gasteiger partial charge in [-0.1, -0.05) is 12.1 Å².